The van der Waals surface area contributed by atoms with Crippen molar-refractivity contribution >= 4 is 17.5 Å². The van der Waals surface area contributed by atoms with Gasteiger partial charge < -0.3 is 9.80 Å². The third-order valence-corrected chi connectivity index (χ3v) is 4.08. The van der Waals surface area contributed by atoms with Crippen molar-refractivity contribution in [3.05, 3.63) is 47.8 Å². The van der Waals surface area contributed by atoms with Gasteiger partial charge in [-0.2, -0.15) is 0 Å². The van der Waals surface area contributed by atoms with E-state index in [4.69, 9.17) is 0 Å². The van der Waals surface area contributed by atoms with Crippen LogP contribution in [0.1, 0.15) is 35.9 Å². The number of rotatable bonds is 4. The number of hydrogen-bond donors (Lipinski definition) is 0. The van der Waals surface area contributed by atoms with Gasteiger partial charge >= 0.3 is 0 Å². The lowest BCUT2D eigenvalue weighted by Crippen LogP contribution is -2.29. The molecule has 120 valence electrons. The van der Waals surface area contributed by atoms with Crippen molar-refractivity contribution in [1.82, 2.24) is 14.9 Å². The fourth-order valence-corrected chi connectivity index (χ4v) is 2.91. The molecule has 1 aliphatic rings. The Balaban J connectivity index is 1.94. The molecule has 0 unspecified atom stereocenters. The Hall–Kier alpha value is -2.43. The molecule has 5 nitrogen and oxygen atoms in total. The molecule has 1 amide bonds. The first-order valence-corrected chi connectivity index (χ1v) is 8.16. The highest BCUT2D eigenvalue weighted by Gasteiger charge is 2.22. The summed E-state index contributed by atoms with van der Waals surface area (Å²) in [6, 6.07) is 11.8. The molecular formula is C18H22N4O. The van der Waals surface area contributed by atoms with Crippen LogP contribution in [0.15, 0.2) is 36.4 Å². The van der Waals surface area contributed by atoms with Gasteiger partial charge in [0.25, 0.3) is 5.91 Å². The van der Waals surface area contributed by atoms with Gasteiger partial charge in [0, 0.05) is 31.0 Å². The minimum absolute atomic E-state index is 0.0124. The summed E-state index contributed by atoms with van der Waals surface area (Å²) >= 11 is 0. The average molecular weight is 310 g/mol. The number of hydrogen-bond acceptors (Lipinski definition) is 4. The van der Waals surface area contributed by atoms with Crippen LogP contribution in [0, 0.1) is 6.92 Å². The van der Waals surface area contributed by atoms with Gasteiger partial charge in [0.1, 0.15) is 5.69 Å². The Morgan fingerprint density at radius 3 is 2.52 bits per heavy atom. The third-order valence-electron chi connectivity index (χ3n) is 4.08. The number of carbonyl (C=O) groups excluding carboxylic acids is 1. The van der Waals surface area contributed by atoms with E-state index in [1.165, 1.54) is 0 Å². The fraction of sp³-hybridized carbons (Fsp3) is 0.389. The molecule has 1 fully saturated rings. The van der Waals surface area contributed by atoms with Gasteiger partial charge in [-0.1, -0.05) is 18.2 Å². The second kappa shape index (κ2) is 6.77. The topological polar surface area (TPSA) is 49.3 Å². The van der Waals surface area contributed by atoms with Crippen LogP contribution in [-0.4, -0.2) is 40.4 Å². The van der Waals surface area contributed by atoms with Gasteiger partial charge in [-0.3, -0.25) is 4.79 Å². The van der Waals surface area contributed by atoms with Crippen molar-refractivity contribution in [2.24, 2.45) is 0 Å². The van der Waals surface area contributed by atoms with Crippen LogP contribution >= 0.6 is 0 Å². The van der Waals surface area contributed by atoms with Crippen LogP contribution in [-0.2, 0) is 0 Å². The minimum Gasteiger partial charge on any atom is -0.337 e. The second-order valence-electron chi connectivity index (χ2n) is 5.77. The number of benzene rings is 1. The molecule has 1 aliphatic heterocycles. The first kappa shape index (κ1) is 15.5. The van der Waals surface area contributed by atoms with E-state index in [1.807, 2.05) is 47.1 Å². The molecule has 0 saturated carbocycles. The van der Waals surface area contributed by atoms with Crippen molar-refractivity contribution in [1.29, 1.82) is 0 Å². The molecule has 1 saturated heterocycles. The number of amides is 1. The SMILES string of the molecule is CCN(c1ccccc1)c1nc(C)cc(C(=O)N2CCCC2)n1. The standard InChI is InChI=1S/C18H22N4O/c1-3-22(15-9-5-4-6-10-15)18-19-14(2)13-16(20-18)17(23)21-11-7-8-12-21/h4-6,9-10,13H,3,7-8,11-12H2,1-2H3. The molecule has 3 rings (SSSR count). The minimum atomic E-state index is 0.0124. The number of aromatic nitrogens is 2. The van der Waals surface area contributed by atoms with Crippen LogP contribution in [0.4, 0.5) is 11.6 Å². The van der Waals surface area contributed by atoms with E-state index in [0.717, 1.165) is 43.9 Å². The maximum absolute atomic E-state index is 12.6. The van der Waals surface area contributed by atoms with Crippen LogP contribution in [0.25, 0.3) is 0 Å². The molecule has 2 aromatic rings. The lowest BCUT2D eigenvalue weighted by molar-refractivity contribution is 0.0787. The first-order chi connectivity index (χ1) is 11.2. The molecule has 23 heavy (non-hydrogen) atoms. The molecule has 2 heterocycles. The quantitative estimate of drug-likeness (QED) is 0.870. The Morgan fingerprint density at radius 2 is 1.87 bits per heavy atom. The Morgan fingerprint density at radius 1 is 1.17 bits per heavy atom. The van der Waals surface area contributed by atoms with Gasteiger partial charge in [0.2, 0.25) is 5.95 Å². The van der Waals surface area contributed by atoms with E-state index < -0.39 is 0 Å². The number of aryl methyl sites for hydroxylation is 1. The van der Waals surface area contributed by atoms with Crippen LogP contribution in [0.2, 0.25) is 0 Å². The zero-order valence-corrected chi connectivity index (χ0v) is 13.7. The number of anilines is 2. The van der Waals surface area contributed by atoms with E-state index in [1.54, 1.807) is 6.07 Å². The van der Waals surface area contributed by atoms with Gasteiger partial charge in [-0.15, -0.1) is 0 Å². The van der Waals surface area contributed by atoms with Crippen LogP contribution in [0.5, 0.6) is 0 Å². The molecule has 0 radical (unpaired) electrons. The molecule has 0 aliphatic carbocycles. The molecule has 0 bridgehead atoms. The van der Waals surface area contributed by atoms with E-state index >= 15 is 0 Å². The van der Waals surface area contributed by atoms with Crippen molar-refractivity contribution < 1.29 is 4.79 Å². The summed E-state index contributed by atoms with van der Waals surface area (Å²) in [5.41, 5.74) is 2.33. The van der Waals surface area contributed by atoms with Gasteiger partial charge in [-0.05, 0) is 44.9 Å². The molecule has 0 N–H and O–H groups in total. The van der Waals surface area contributed by atoms with Crippen molar-refractivity contribution in [2.75, 3.05) is 24.5 Å². The Bertz CT molecular complexity index is 681. The Kier molecular flexibility index (Phi) is 4.55. The first-order valence-electron chi connectivity index (χ1n) is 8.16. The van der Waals surface area contributed by atoms with E-state index in [-0.39, 0.29) is 5.91 Å². The molecular weight excluding hydrogens is 288 g/mol. The van der Waals surface area contributed by atoms with Gasteiger partial charge in [0.15, 0.2) is 0 Å². The molecule has 0 spiro atoms. The van der Waals surface area contributed by atoms with Crippen LogP contribution in [0.3, 0.4) is 0 Å². The van der Waals surface area contributed by atoms with Crippen molar-refractivity contribution in [3.63, 3.8) is 0 Å². The highest BCUT2D eigenvalue weighted by atomic mass is 16.2. The van der Waals surface area contributed by atoms with E-state index in [0.29, 0.717) is 11.6 Å². The summed E-state index contributed by atoms with van der Waals surface area (Å²) in [5, 5.41) is 0. The number of likely N-dealkylation sites (tertiary alicyclic amines) is 1. The normalized spacial score (nSPS) is 14.1. The molecule has 1 aromatic heterocycles. The molecule has 5 heteroatoms. The highest BCUT2D eigenvalue weighted by molar-refractivity contribution is 5.93. The summed E-state index contributed by atoms with van der Waals surface area (Å²) in [6.45, 7) is 6.36. The summed E-state index contributed by atoms with van der Waals surface area (Å²) in [4.78, 5) is 25.6. The summed E-state index contributed by atoms with van der Waals surface area (Å²) in [5.74, 6) is 0.597. The maximum atomic E-state index is 12.6. The summed E-state index contributed by atoms with van der Waals surface area (Å²) in [7, 11) is 0. The predicted octanol–water partition coefficient (Wildman–Crippen LogP) is 3.18. The fourth-order valence-electron chi connectivity index (χ4n) is 2.91. The van der Waals surface area contributed by atoms with E-state index in [9.17, 15) is 4.79 Å². The number of para-hydroxylation sites is 1. The number of carbonyl (C=O) groups is 1. The molecule has 1 aromatic carbocycles. The number of nitrogens with zero attached hydrogens (tertiary/aromatic N) is 4. The third kappa shape index (κ3) is 3.33. The van der Waals surface area contributed by atoms with Gasteiger partial charge in [-0.25, -0.2) is 9.97 Å². The molecule has 0 atom stereocenters. The zero-order valence-electron chi connectivity index (χ0n) is 13.7. The largest absolute Gasteiger partial charge is 0.337 e. The Labute approximate surface area is 137 Å². The van der Waals surface area contributed by atoms with Crippen molar-refractivity contribution in [2.45, 2.75) is 26.7 Å². The summed E-state index contributed by atoms with van der Waals surface area (Å²) < 4.78 is 0. The lowest BCUT2D eigenvalue weighted by Gasteiger charge is -2.22. The monoisotopic (exact) mass is 310 g/mol. The zero-order chi connectivity index (χ0) is 16.2. The smallest absolute Gasteiger partial charge is 0.272 e. The average Bonchev–Trinajstić information content (AvgIpc) is 3.10. The maximum Gasteiger partial charge on any atom is 0.272 e. The highest BCUT2D eigenvalue weighted by Crippen LogP contribution is 2.22. The predicted molar refractivity (Wildman–Crippen MR) is 91.0 cm³/mol. The lowest BCUT2D eigenvalue weighted by atomic mass is 10.3. The van der Waals surface area contributed by atoms with Crippen LogP contribution < -0.4 is 4.90 Å². The van der Waals surface area contributed by atoms with Gasteiger partial charge in [0.05, 0.1) is 0 Å². The van der Waals surface area contributed by atoms with E-state index in [2.05, 4.69) is 16.9 Å². The summed E-state index contributed by atoms with van der Waals surface area (Å²) in [6.07, 6.45) is 2.15. The van der Waals surface area contributed by atoms with Crippen molar-refractivity contribution in [3.8, 4) is 0 Å². The second-order valence-corrected chi connectivity index (χ2v) is 5.77.